The number of nitrogens with zero attached hydrogens (tertiary/aromatic N) is 2. The molecule has 0 aliphatic carbocycles. The molecule has 3 rings (SSSR count). The smallest absolute Gasteiger partial charge is 0.253 e. The minimum Gasteiger partial charge on any atom is -0.492 e. The van der Waals surface area contributed by atoms with Crippen molar-refractivity contribution in [2.75, 3.05) is 45.2 Å². The number of carbonyl (C=O) groups excluding carboxylic acids is 2. The largest absolute Gasteiger partial charge is 0.492 e. The zero-order valence-corrected chi connectivity index (χ0v) is 20.9. The lowest BCUT2D eigenvalue weighted by Crippen LogP contribution is -2.47. The van der Waals surface area contributed by atoms with Gasteiger partial charge in [0.2, 0.25) is 15.9 Å². The van der Waals surface area contributed by atoms with E-state index in [1.54, 1.807) is 36.1 Å². The van der Waals surface area contributed by atoms with E-state index in [0.717, 1.165) is 13.1 Å². The first-order valence-corrected chi connectivity index (χ1v) is 12.8. The Morgan fingerprint density at radius 2 is 1.74 bits per heavy atom. The van der Waals surface area contributed by atoms with E-state index in [9.17, 15) is 18.0 Å². The fourth-order valence-corrected chi connectivity index (χ4v) is 4.94. The van der Waals surface area contributed by atoms with Crippen LogP contribution in [-0.4, -0.2) is 75.9 Å². The molecule has 2 aromatic rings. The topological polar surface area (TPSA) is 108 Å². The second-order valence-corrected chi connectivity index (χ2v) is 10.2. The van der Waals surface area contributed by atoms with Gasteiger partial charge in [-0.2, -0.15) is 4.72 Å². The van der Waals surface area contributed by atoms with E-state index >= 15 is 0 Å². The zero-order chi connectivity index (χ0) is 24.9. The van der Waals surface area contributed by atoms with Crippen molar-refractivity contribution in [1.29, 1.82) is 0 Å². The summed E-state index contributed by atoms with van der Waals surface area (Å²) in [6.07, 6.45) is 0. The summed E-state index contributed by atoms with van der Waals surface area (Å²) in [5, 5.41) is 2.82. The Bertz CT molecular complexity index is 1130. The van der Waals surface area contributed by atoms with Crippen LogP contribution in [0.1, 0.15) is 24.2 Å². The standard InChI is InChI=1S/C23H29ClN4O5S/c1-4-33-21-10-9-19(15-20(21)24)34(31,32)26-16(2)22(29)25-18-7-5-17(6-8-18)23(30)28-13-11-27(3)12-14-28/h5-10,15-16,26H,4,11-14H2,1-3H3,(H,25,29). The Morgan fingerprint density at radius 3 is 2.32 bits per heavy atom. The van der Waals surface area contributed by atoms with Crippen molar-refractivity contribution in [2.45, 2.75) is 24.8 Å². The summed E-state index contributed by atoms with van der Waals surface area (Å²) < 4.78 is 33.0. The molecule has 1 heterocycles. The predicted octanol–water partition coefficient (Wildman–Crippen LogP) is 2.43. The molecule has 2 amide bonds. The first-order valence-electron chi connectivity index (χ1n) is 10.9. The van der Waals surface area contributed by atoms with Crippen LogP contribution in [0.4, 0.5) is 5.69 Å². The summed E-state index contributed by atoms with van der Waals surface area (Å²) in [7, 11) is -1.97. The van der Waals surface area contributed by atoms with E-state index in [4.69, 9.17) is 16.3 Å². The highest BCUT2D eigenvalue weighted by molar-refractivity contribution is 7.89. The SMILES string of the molecule is CCOc1ccc(S(=O)(=O)NC(C)C(=O)Nc2ccc(C(=O)N3CCN(C)CC3)cc2)cc1Cl. The lowest BCUT2D eigenvalue weighted by Gasteiger charge is -2.32. The van der Waals surface area contributed by atoms with Crippen LogP contribution in [0.15, 0.2) is 47.4 Å². The van der Waals surface area contributed by atoms with Crippen molar-refractivity contribution in [1.82, 2.24) is 14.5 Å². The minimum atomic E-state index is -3.99. The van der Waals surface area contributed by atoms with Crippen molar-refractivity contribution < 1.29 is 22.7 Å². The van der Waals surface area contributed by atoms with Gasteiger partial charge in [0.15, 0.2) is 0 Å². The Morgan fingerprint density at radius 1 is 1.09 bits per heavy atom. The number of likely N-dealkylation sites (N-methyl/N-ethyl adjacent to an activating group) is 1. The van der Waals surface area contributed by atoms with Gasteiger partial charge in [0.1, 0.15) is 5.75 Å². The van der Waals surface area contributed by atoms with E-state index < -0.39 is 22.0 Å². The van der Waals surface area contributed by atoms with E-state index in [-0.39, 0.29) is 15.8 Å². The highest BCUT2D eigenvalue weighted by Gasteiger charge is 2.24. The number of rotatable bonds is 8. The Labute approximate surface area is 205 Å². The molecule has 1 aliphatic rings. The van der Waals surface area contributed by atoms with Crippen LogP contribution in [0.5, 0.6) is 5.75 Å². The molecule has 34 heavy (non-hydrogen) atoms. The Balaban J connectivity index is 1.59. The lowest BCUT2D eigenvalue weighted by molar-refractivity contribution is -0.117. The van der Waals surface area contributed by atoms with E-state index in [1.165, 1.54) is 25.1 Å². The van der Waals surface area contributed by atoms with Crippen LogP contribution in [0.3, 0.4) is 0 Å². The van der Waals surface area contributed by atoms with Crippen LogP contribution in [0, 0.1) is 0 Å². The molecule has 1 aliphatic heterocycles. The molecule has 2 N–H and O–H groups in total. The normalized spacial score (nSPS) is 15.6. The maximum Gasteiger partial charge on any atom is 0.253 e. The number of piperazine rings is 1. The van der Waals surface area contributed by atoms with Gasteiger partial charge in [0.05, 0.1) is 22.6 Å². The second-order valence-electron chi connectivity index (χ2n) is 8.03. The average Bonchev–Trinajstić information content (AvgIpc) is 2.80. The number of halogens is 1. The lowest BCUT2D eigenvalue weighted by atomic mass is 10.1. The van der Waals surface area contributed by atoms with Gasteiger partial charge in [0, 0.05) is 37.4 Å². The fourth-order valence-electron chi connectivity index (χ4n) is 3.41. The van der Waals surface area contributed by atoms with Crippen molar-refractivity contribution >= 4 is 39.1 Å². The molecule has 0 spiro atoms. The molecule has 0 saturated carbocycles. The number of hydrogen-bond donors (Lipinski definition) is 2. The van der Waals surface area contributed by atoms with Crippen LogP contribution in [0.2, 0.25) is 5.02 Å². The highest BCUT2D eigenvalue weighted by Crippen LogP contribution is 2.27. The number of sulfonamides is 1. The van der Waals surface area contributed by atoms with Crippen LogP contribution in [-0.2, 0) is 14.8 Å². The zero-order valence-electron chi connectivity index (χ0n) is 19.4. The number of benzene rings is 2. The summed E-state index contributed by atoms with van der Waals surface area (Å²) in [5.41, 5.74) is 0.985. The van der Waals surface area contributed by atoms with Crippen molar-refractivity contribution in [2.24, 2.45) is 0 Å². The molecular formula is C23H29ClN4O5S. The third-order valence-corrected chi connectivity index (χ3v) is 7.26. The van der Waals surface area contributed by atoms with Gasteiger partial charge in [-0.1, -0.05) is 11.6 Å². The first kappa shape index (κ1) is 26.0. The number of ether oxygens (including phenoxy) is 1. The van der Waals surface area contributed by atoms with Gasteiger partial charge in [-0.3, -0.25) is 9.59 Å². The first-order chi connectivity index (χ1) is 16.1. The maximum absolute atomic E-state index is 12.7. The summed E-state index contributed by atoms with van der Waals surface area (Å²) in [6, 6.07) is 9.58. The average molecular weight is 509 g/mol. The van der Waals surface area contributed by atoms with Gasteiger partial charge in [-0.15, -0.1) is 0 Å². The number of amides is 2. The highest BCUT2D eigenvalue weighted by atomic mass is 35.5. The van der Waals surface area contributed by atoms with Gasteiger partial charge >= 0.3 is 0 Å². The summed E-state index contributed by atoms with van der Waals surface area (Å²) in [4.78, 5) is 29.1. The van der Waals surface area contributed by atoms with E-state index in [0.29, 0.717) is 36.7 Å². The van der Waals surface area contributed by atoms with Crippen LogP contribution in [0.25, 0.3) is 0 Å². The van der Waals surface area contributed by atoms with Crippen LogP contribution < -0.4 is 14.8 Å². The number of nitrogens with one attached hydrogen (secondary N) is 2. The van der Waals surface area contributed by atoms with E-state index in [2.05, 4.69) is 14.9 Å². The second kappa shape index (κ2) is 11.2. The van der Waals surface area contributed by atoms with Crippen molar-refractivity contribution in [3.05, 3.63) is 53.1 Å². The minimum absolute atomic E-state index is 0.0545. The van der Waals surface area contributed by atoms with Gasteiger partial charge in [-0.25, -0.2) is 8.42 Å². The van der Waals surface area contributed by atoms with Crippen molar-refractivity contribution in [3.63, 3.8) is 0 Å². The molecule has 11 heteroatoms. The van der Waals surface area contributed by atoms with Crippen LogP contribution >= 0.6 is 11.6 Å². The summed E-state index contributed by atoms with van der Waals surface area (Å²) in [6.45, 7) is 6.63. The Hall–Kier alpha value is -2.66. The maximum atomic E-state index is 12.7. The quantitative estimate of drug-likeness (QED) is 0.567. The molecule has 0 bridgehead atoms. The summed E-state index contributed by atoms with van der Waals surface area (Å²) in [5.74, 6) is -0.219. The van der Waals surface area contributed by atoms with Gasteiger partial charge in [-0.05, 0) is 63.4 Å². The summed E-state index contributed by atoms with van der Waals surface area (Å²) >= 11 is 6.09. The third-order valence-electron chi connectivity index (χ3n) is 5.43. The number of anilines is 1. The molecule has 9 nitrogen and oxygen atoms in total. The third kappa shape index (κ3) is 6.47. The molecule has 1 saturated heterocycles. The molecule has 0 radical (unpaired) electrons. The monoisotopic (exact) mass is 508 g/mol. The number of carbonyl (C=O) groups is 2. The predicted molar refractivity (Wildman–Crippen MR) is 131 cm³/mol. The molecule has 2 aromatic carbocycles. The number of hydrogen-bond acceptors (Lipinski definition) is 6. The molecule has 1 unspecified atom stereocenters. The van der Waals surface area contributed by atoms with E-state index in [1.807, 2.05) is 7.05 Å². The molecule has 1 atom stereocenters. The molecule has 1 fully saturated rings. The molecule has 184 valence electrons. The van der Waals surface area contributed by atoms with Gasteiger partial charge < -0.3 is 19.9 Å². The van der Waals surface area contributed by atoms with Crippen molar-refractivity contribution in [3.8, 4) is 5.75 Å². The molecular weight excluding hydrogens is 480 g/mol. The van der Waals surface area contributed by atoms with Gasteiger partial charge in [0.25, 0.3) is 5.91 Å². The Kier molecular flexibility index (Phi) is 8.53. The molecule has 0 aromatic heterocycles. The fraction of sp³-hybridized carbons (Fsp3) is 0.391.